The van der Waals surface area contributed by atoms with Crippen molar-refractivity contribution in [2.24, 2.45) is 34.5 Å². The number of allylic oxidation sites excluding steroid dienone is 2. The maximum Gasteiger partial charge on any atom is 0.226 e. The van der Waals surface area contributed by atoms with Gasteiger partial charge in [-0.1, -0.05) is 31.0 Å². The summed E-state index contributed by atoms with van der Waals surface area (Å²) in [7, 11) is 1.98. The molecule has 5 rings (SSSR count). The summed E-state index contributed by atoms with van der Waals surface area (Å²) < 4.78 is 0. The molecule has 178 valence electrons. The Morgan fingerprint density at radius 1 is 1.21 bits per heavy atom. The normalized spacial score (nSPS) is 38.0. The Morgan fingerprint density at radius 3 is 2.73 bits per heavy atom. The molecule has 0 radical (unpaired) electrons. The van der Waals surface area contributed by atoms with E-state index in [9.17, 15) is 9.59 Å². The number of amides is 2. The summed E-state index contributed by atoms with van der Waals surface area (Å²) in [5.41, 5.74) is 3.03. The Kier molecular flexibility index (Phi) is 5.63. The van der Waals surface area contributed by atoms with Crippen molar-refractivity contribution in [3.8, 4) is 0 Å². The van der Waals surface area contributed by atoms with Gasteiger partial charge in [-0.3, -0.25) is 9.59 Å². The molecule has 6 atom stereocenters. The Labute approximate surface area is 202 Å². The van der Waals surface area contributed by atoms with E-state index in [2.05, 4.69) is 31.1 Å². The van der Waals surface area contributed by atoms with E-state index in [-0.39, 0.29) is 22.6 Å². The summed E-state index contributed by atoms with van der Waals surface area (Å²) in [6, 6.07) is 3.51. The number of hydrogen-bond donors (Lipinski definition) is 1. The summed E-state index contributed by atoms with van der Waals surface area (Å²) in [5.74, 6) is 3.24. The van der Waals surface area contributed by atoms with Crippen LogP contribution in [0.4, 0.5) is 5.82 Å². The molecule has 1 aromatic heterocycles. The monoisotopic (exact) mass is 469 g/mol. The van der Waals surface area contributed by atoms with Gasteiger partial charge in [0.1, 0.15) is 5.82 Å². The molecule has 2 saturated carbocycles. The fourth-order valence-corrected chi connectivity index (χ4v) is 8.53. The van der Waals surface area contributed by atoms with Gasteiger partial charge in [0.15, 0.2) is 0 Å². The zero-order valence-corrected chi connectivity index (χ0v) is 21.0. The number of fused-ring (bicyclic) bond motifs is 5. The first-order valence-electron chi connectivity index (χ1n) is 12.5. The zero-order chi connectivity index (χ0) is 23.5. The molecule has 0 spiro atoms. The van der Waals surface area contributed by atoms with Gasteiger partial charge in [-0.25, -0.2) is 4.98 Å². The van der Waals surface area contributed by atoms with E-state index in [0.29, 0.717) is 47.4 Å². The van der Waals surface area contributed by atoms with Gasteiger partial charge in [-0.2, -0.15) is 0 Å². The predicted octanol–water partition coefficient (Wildman–Crippen LogP) is 6.06. The first kappa shape index (κ1) is 22.9. The van der Waals surface area contributed by atoms with E-state index in [0.717, 1.165) is 19.3 Å². The highest BCUT2D eigenvalue weighted by atomic mass is 35.5. The van der Waals surface area contributed by atoms with E-state index in [4.69, 9.17) is 11.6 Å². The van der Waals surface area contributed by atoms with Crippen LogP contribution in [0.15, 0.2) is 29.6 Å². The summed E-state index contributed by atoms with van der Waals surface area (Å²) in [6.45, 7) is 7.13. The van der Waals surface area contributed by atoms with Crippen LogP contribution >= 0.6 is 11.6 Å². The number of rotatable bonds is 3. The SMILES string of the molecule is CC1=C2N(C)C(=O)CC[C@]2(C)C2CC[C@]3(C)[C@@H](CC(=O)Nc4ccc(Cl)cn4)CC[C@H]3C2C1. The van der Waals surface area contributed by atoms with Crippen LogP contribution in [0.2, 0.25) is 5.02 Å². The number of piperidine rings is 1. The van der Waals surface area contributed by atoms with Crippen LogP contribution in [0.25, 0.3) is 0 Å². The highest BCUT2D eigenvalue weighted by Crippen LogP contribution is 2.67. The standard InChI is InChI=1S/C27H36ClN3O2/c1-16-13-19-20-7-5-17(14-23(32)30-22-8-6-18(28)15-29-22)26(20,2)11-9-21(19)27(3)12-10-24(33)31(4)25(16)27/h6,8,15,17,19-21H,5,7,9-14H2,1-4H3,(H,29,30,32)/t17-,19?,20+,21?,26-,27-/m1/s1. The Hall–Kier alpha value is -1.88. The summed E-state index contributed by atoms with van der Waals surface area (Å²) in [5, 5.41) is 3.54. The number of nitrogens with one attached hydrogen (secondary N) is 1. The number of aromatic nitrogens is 1. The van der Waals surface area contributed by atoms with Gasteiger partial charge in [-0.05, 0) is 86.7 Å². The molecule has 1 N–H and O–H groups in total. The molecule has 1 saturated heterocycles. The van der Waals surface area contributed by atoms with E-state index in [1.165, 1.54) is 30.5 Å². The van der Waals surface area contributed by atoms with Crippen LogP contribution in [0.1, 0.15) is 72.1 Å². The van der Waals surface area contributed by atoms with E-state index < -0.39 is 0 Å². The molecule has 0 bridgehead atoms. The number of pyridine rings is 1. The lowest BCUT2D eigenvalue weighted by Gasteiger charge is -2.59. The molecular weight excluding hydrogens is 434 g/mol. The summed E-state index contributed by atoms with van der Waals surface area (Å²) in [4.78, 5) is 31.5. The predicted molar refractivity (Wildman–Crippen MR) is 130 cm³/mol. The molecule has 1 aliphatic heterocycles. The Morgan fingerprint density at radius 2 is 2.00 bits per heavy atom. The van der Waals surface area contributed by atoms with Gasteiger partial charge in [0.25, 0.3) is 0 Å². The lowest BCUT2D eigenvalue weighted by Crippen LogP contribution is -2.54. The largest absolute Gasteiger partial charge is 0.319 e. The van der Waals surface area contributed by atoms with E-state index >= 15 is 0 Å². The molecule has 3 fully saturated rings. The van der Waals surface area contributed by atoms with Gasteiger partial charge >= 0.3 is 0 Å². The molecule has 4 aliphatic rings. The molecule has 1 aromatic rings. The Balaban J connectivity index is 1.34. The second-order valence-electron chi connectivity index (χ2n) is 11.5. The first-order valence-corrected chi connectivity index (χ1v) is 12.9. The van der Waals surface area contributed by atoms with Crippen molar-refractivity contribution in [2.75, 3.05) is 12.4 Å². The van der Waals surface area contributed by atoms with Crippen molar-refractivity contribution in [1.29, 1.82) is 0 Å². The molecule has 2 unspecified atom stereocenters. The Bertz CT molecular complexity index is 1010. The smallest absolute Gasteiger partial charge is 0.226 e. The molecule has 5 nitrogen and oxygen atoms in total. The highest BCUT2D eigenvalue weighted by molar-refractivity contribution is 6.30. The molecule has 6 heteroatoms. The van der Waals surface area contributed by atoms with Crippen molar-refractivity contribution in [2.45, 2.75) is 72.1 Å². The second-order valence-corrected chi connectivity index (χ2v) is 11.9. The van der Waals surface area contributed by atoms with Gasteiger partial charge in [-0.15, -0.1) is 0 Å². The minimum Gasteiger partial charge on any atom is -0.319 e. The lowest BCUT2D eigenvalue weighted by atomic mass is 9.48. The van der Waals surface area contributed by atoms with Crippen molar-refractivity contribution < 1.29 is 9.59 Å². The summed E-state index contributed by atoms with van der Waals surface area (Å²) in [6.07, 6.45) is 9.57. The van der Waals surface area contributed by atoms with Crippen LogP contribution in [0.5, 0.6) is 0 Å². The number of nitrogens with zero attached hydrogens (tertiary/aromatic N) is 2. The molecule has 3 aliphatic carbocycles. The summed E-state index contributed by atoms with van der Waals surface area (Å²) >= 11 is 5.92. The average molecular weight is 470 g/mol. The van der Waals surface area contributed by atoms with Crippen molar-refractivity contribution >= 4 is 29.2 Å². The van der Waals surface area contributed by atoms with Crippen LogP contribution < -0.4 is 5.32 Å². The number of anilines is 1. The van der Waals surface area contributed by atoms with Gasteiger partial charge in [0.05, 0.1) is 5.02 Å². The third-order valence-electron chi connectivity index (χ3n) is 9.93. The highest BCUT2D eigenvalue weighted by Gasteiger charge is 2.60. The van der Waals surface area contributed by atoms with Crippen LogP contribution in [-0.4, -0.2) is 28.7 Å². The number of halogens is 1. The number of likely N-dealkylation sites (tertiary alicyclic amines) is 1. The fraction of sp³-hybridized carbons (Fsp3) is 0.667. The second kappa shape index (κ2) is 8.11. The van der Waals surface area contributed by atoms with Crippen molar-refractivity contribution in [3.63, 3.8) is 0 Å². The zero-order valence-electron chi connectivity index (χ0n) is 20.3. The van der Waals surface area contributed by atoms with Gasteiger partial charge in [0.2, 0.25) is 11.8 Å². The van der Waals surface area contributed by atoms with Crippen LogP contribution in [0, 0.1) is 34.5 Å². The van der Waals surface area contributed by atoms with Crippen LogP contribution in [0.3, 0.4) is 0 Å². The van der Waals surface area contributed by atoms with E-state index in [1.54, 1.807) is 18.3 Å². The fourth-order valence-electron chi connectivity index (χ4n) is 8.42. The topological polar surface area (TPSA) is 62.3 Å². The van der Waals surface area contributed by atoms with Gasteiger partial charge in [0, 0.05) is 37.2 Å². The lowest BCUT2D eigenvalue weighted by molar-refractivity contribution is -0.136. The number of carbonyl (C=O) groups excluding carboxylic acids is 2. The molecular formula is C27H36ClN3O2. The minimum atomic E-state index is 0.0557. The maximum atomic E-state index is 12.9. The number of carbonyl (C=O) groups is 2. The van der Waals surface area contributed by atoms with Crippen molar-refractivity contribution in [1.82, 2.24) is 9.88 Å². The molecule has 2 amide bonds. The molecule has 2 heterocycles. The quantitative estimate of drug-likeness (QED) is 0.585. The number of hydrogen-bond acceptors (Lipinski definition) is 3. The average Bonchev–Trinajstić information content (AvgIpc) is 3.09. The van der Waals surface area contributed by atoms with Crippen molar-refractivity contribution in [3.05, 3.63) is 34.6 Å². The van der Waals surface area contributed by atoms with E-state index in [1.807, 2.05) is 11.9 Å². The molecule has 33 heavy (non-hydrogen) atoms. The van der Waals surface area contributed by atoms with Gasteiger partial charge < -0.3 is 10.2 Å². The first-order chi connectivity index (χ1) is 15.6. The third-order valence-corrected chi connectivity index (χ3v) is 10.2. The maximum absolute atomic E-state index is 12.9. The third kappa shape index (κ3) is 3.62. The molecule has 0 aromatic carbocycles. The van der Waals surface area contributed by atoms with Crippen LogP contribution in [-0.2, 0) is 9.59 Å². The minimum absolute atomic E-state index is 0.0557.